The second kappa shape index (κ2) is 6.16. The van der Waals surface area contributed by atoms with Crippen LogP contribution in [0.2, 0.25) is 0 Å². The molecule has 2 saturated carbocycles. The van der Waals surface area contributed by atoms with Gasteiger partial charge in [0.05, 0.1) is 10.6 Å². The molecule has 0 saturated heterocycles. The maximum Gasteiger partial charge on any atom is 0.248 e. The summed E-state index contributed by atoms with van der Waals surface area (Å²) in [4.78, 5) is 27.5. The van der Waals surface area contributed by atoms with Gasteiger partial charge in [-0.25, -0.2) is 13.1 Å². The number of carbonyl (C=O) groups excluding carboxylic acids is 2. The summed E-state index contributed by atoms with van der Waals surface area (Å²) in [5, 5.41) is 9.06. The molecule has 1 aromatic heterocycles. The van der Waals surface area contributed by atoms with E-state index in [0.717, 1.165) is 25.7 Å². The van der Waals surface area contributed by atoms with Crippen molar-refractivity contribution in [2.24, 2.45) is 5.92 Å². The molecule has 3 aliphatic rings. The topological polar surface area (TPSA) is 109 Å². The van der Waals surface area contributed by atoms with Crippen LogP contribution in [0.1, 0.15) is 49.1 Å². The summed E-state index contributed by atoms with van der Waals surface area (Å²) in [5.41, 5.74) is 0.527. The first-order valence-electron chi connectivity index (χ1n) is 9.54. The molecule has 10 heteroatoms. The molecule has 152 valence electrons. The Hall–Kier alpha value is -2.17. The van der Waals surface area contributed by atoms with Crippen molar-refractivity contribution in [1.29, 1.82) is 0 Å². The van der Waals surface area contributed by atoms with Crippen LogP contribution >= 0.6 is 11.3 Å². The molecular weight excluding hydrogens is 412 g/mol. The summed E-state index contributed by atoms with van der Waals surface area (Å²) >= 11 is 1.23. The minimum atomic E-state index is -3.74. The molecule has 1 atom stereocenters. The third kappa shape index (κ3) is 3.19. The zero-order chi connectivity index (χ0) is 20.6. The third-order valence-corrected chi connectivity index (χ3v) is 8.14. The Morgan fingerprint density at radius 2 is 2.00 bits per heavy atom. The number of anilines is 2. The molecule has 8 nitrogen and oxygen atoms in total. The van der Waals surface area contributed by atoms with E-state index in [1.54, 1.807) is 13.0 Å². The number of Topliss-reactive ketones (excluding diaryl/α,β-unsaturated/α-hetero) is 1. The zero-order valence-corrected chi connectivity index (χ0v) is 17.6. The van der Waals surface area contributed by atoms with Crippen LogP contribution in [0.4, 0.5) is 10.8 Å². The van der Waals surface area contributed by atoms with E-state index in [2.05, 4.69) is 14.9 Å². The average molecular weight is 433 g/mol. The van der Waals surface area contributed by atoms with E-state index in [1.807, 2.05) is 6.92 Å². The van der Waals surface area contributed by atoms with Gasteiger partial charge in [-0.1, -0.05) is 17.4 Å². The molecule has 29 heavy (non-hydrogen) atoms. The summed E-state index contributed by atoms with van der Waals surface area (Å²) in [5.74, 6) is -1.48. The normalized spacial score (nSPS) is 22.6. The van der Waals surface area contributed by atoms with Crippen LogP contribution in [0.25, 0.3) is 0 Å². The molecule has 1 amide bonds. The number of aryl methyl sites for hydroxylation is 1. The highest BCUT2D eigenvalue weighted by Crippen LogP contribution is 2.47. The fraction of sp³-hybridized carbons (Fsp3) is 0.474. The number of hydrogen-bond donors (Lipinski definition) is 1. The lowest BCUT2D eigenvalue weighted by atomic mass is 9.93. The number of nitrogens with one attached hydrogen (secondary N) is 1. The molecule has 0 bridgehead atoms. The number of aromatic nitrogens is 2. The Morgan fingerprint density at radius 3 is 2.59 bits per heavy atom. The van der Waals surface area contributed by atoms with Crippen LogP contribution in [0.5, 0.6) is 0 Å². The van der Waals surface area contributed by atoms with Gasteiger partial charge in [-0.15, -0.1) is 10.2 Å². The van der Waals surface area contributed by atoms with Crippen molar-refractivity contribution >= 4 is 43.9 Å². The van der Waals surface area contributed by atoms with Gasteiger partial charge in [0, 0.05) is 11.5 Å². The molecule has 2 heterocycles. The van der Waals surface area contributed by atoms with Crippen molar-refractivity contribution in [3.63, 3.8) is 0 Å². The predicted molar refractivity (Wildman–Crippen MR) is 107 cm³/mol. The minimum absolute atomic E-state index is 0.0722. The third-order valence-electron chi connectivity index (χ3n) is 5.68. The highest BCUT2D eigenvalue weighted by atomic mass is 32.2. The number of amides is 1. The van der Waals surface area contributed by atoms with E-state index in [0.29, 0.717) is 21.4 Å². The number of carbonyl (C=O) groups is 2. The number of sulfonamides is 1. The number of nitrogens with zero attached hydrogens (tertiary/aromatic N) is 3. The Balaban J connectivity index is 1.61. The van der Waals surface area contributed by atoms with Crippen molar-refractivity contribution < 1.29 is 18.0 Å². The summed E-state index contributed by atoms with van der Waals surface area (Å²) in [6, 6.07) is 4.54. The highest BCUT2D eigenvalue weighted by Gasteiger charge is 2.48. The molecule has 1 unspecified atom stereocenters. The minimum Gasteiger partial charge on any atom is -0.298 e. The van der Waals surface area contributed by atoms with E-state index in [-0.39, 0.29) is 22.5 Å². The molecular formula is C19H20N4O4S2. The lowest BCUT2D eigenvalue weighted by molar-refractivity contribution is -0.128. The summed E-state index contributed by atoms with van der Waals surface area (Å²) < 4.78 is 28.4. The Bertz CT molecular complexity index is 1150. The van der Waals surface area contributed by atoms with Gasteiger partial charge in [0.1, 0.15) is 10.9 Å². The first kappa shape index (κ1) is 18.8. The molecule has 0 radical (unpaired) electrons. The molecule has 5 rings (SSSR count). The van der Waals surface area contributed by atoms with Crippen molar-refractivity contribution in [1.82, 2.24) is 14.9 Å². The second-order valence-corrected chi connectivity index (χ2v) is 11.1. The Kier molecular flexibility index (Phi) is 4.00. The molecule has 0 spiro atoms. The van der Waals surface area contributed by atoms with Crippen LogP contribution in [0, 0.1) is 12.8 Å². The zero-order valence-electron chi connectivity index (χ0n) is 16.0. The van der Waals surface area contributed by atoms with Crippen molar-refractivity contribution in [3.8, 4) is 0 Å². The maximum atomic E-state index is 13.2. The monoisotopic (exact) mass is 432 g/mol. The second-order valence-electron chi connectivity index (χ2n) is 8.27. The first-order valence-corrected chi connectivity index (χ1v) is 11.8. The SMILES string of the molecule is Cc1nnc(N2C(=O)C(C(=O)C3CC3)c3ccc(S(=O)(=O)NC4(C)CC4)cc32)s1. The molecule has 2 aliphatic carbocycles. The van der Waals surface area contributed by atoms with Crippen molar-refractivity contribution in [2.75, 3.05) is 4.90 Å². The average Bonchev–Trinajstić information content (AvgIpc) is 3.56. The van der Waals surface area contributed by atoms with Crippen molar-refractivity contribution in [2.45, 2.75) is 55.9 Å². The number of ketones is 1. The molecule has 1 aromatic carbocycles. The van der Waals surface area contributed by atoms with Gasteiger partial charge >= 0.3 is 0 Å². The van der Waals surface area contributed by atoms with Crippen LogP contribution < -0.4 is 9.62 Å². The number of hydrogen-bond acceptors (Lipinski definition) is 7. The highest BCUT2D eigenvalue weighted by molar-refractivity contribution is 7.89. The van der Waals surface area contributed by atoms with E-state index in [9.17, 15) is 18.0 Å². The first-order chi connectivity index (χ1) is 13.7. The Labute approximate surface area is 172 Å². The van der Waals surface area contributed by atoms with E-state index < -0.39 is 21.5 Å². The Morgan fingerprint density at radius 1 is 1.28 bits per heavy atom. The summed E-state index contributed by atoms with van der Waals surface area (Å²) in [6.45, 7) is 3.64. The van der Waals surface area contributed by atoms with Crippen LogP contribution in [0.15, 0.2) is 23.1 Å². The van der Waals surface area contributed by atoms with E-state index in [1.165, 1.54) is 28.4 Å². The van der Waals surface area contributed by atoms with E-state index >= 15 is 0 Å². The smallest absolute Gasteiger partial charge is 0.248 e. The lowest BCUT2D eigenvalue weighted by Crippen LogP contribution is -2.34. The quantitative estimate of drug-likeness (QED) is 0.702. The van der Waals surface area contributed by atoms with Gasteiger partial charge in [-0.05, 0) is 57.2 Å². The van der Waals surface area contributed by atoms with Crippen LogP contribution in [-0.4, -0.2) is 35.8 Å². The van der Waals surface area contributed by atoms with Crippen LogP contribution in [-0.2, 0) is 19.6 Å². The largest absolute Gasteiger partial charge is 0.298 e. The summed E-state index contributed by atoms with van der Waals surface area (Å²) in [7, 11) is -3.74. The van der Waals surface area contributed by atoms with Gasteiger partial charge in [-0.2, -0.15) is 0 Å². The molecule has 1 N–H and O–H groups in total. The standard InChI is InChI=1S/C19H20N4O4S2/c1-10-20-21-18(28-10)23-14-9-12(29(26,27)22-19(2)7-8-19)5-6-13(14)15(17(23)25)16(24)11-3-4-11/h5-6,9,11,15,22H,3-4,7-8H2,1-2H3. The van der Waals surface area contributed by atoms with Crippen molar-refractivity contribution in [3.05, 3.63) is 28.8 Å². The van der Waals surface area contributed by atoms with Gasteiger partial charge in [0.25, 0.3) is 0 Å². The fourth-order valence-corrected chi connectivity index (χ4v) is 5.83. The summed E-state index contributed by atoms with van der Waals surface area (Å²) in [6.07, 6.45) is 3.18. The van der Waals surface area contributed by atoms with Gasteiger partial charge in [0.15, 0.2) is 5.78 Å². The molecule has 2 fully saturated rings. The molecule has 1 aliphatic heterocycles. The lowest BCUT2D eigenvalue weighted by Gasteiger charge is -2.16. The number of fused-ring (bicyclic) bond motifs is 1. The fourth-order valence-electron chi connectivity index (χ4n) is 3.63. The van der Waals surface area contributed by atoms with Gasteiger partial charge in [-0.3, -0.25) is 14.5 Å². The number of rotatable bonds is 6. The van der Waals surface area contributed by atoms with Gasteiger partial charge < -0.3 is 0 Å². The maximum absolute atomic E-state index is 13.2. The van der Waals surface area contributed by atoms with Crippen LogP contribution in [0.3, 0.4) is 0 Å². The molecule has 2 aromatic rings. The van der Waals surface area contributed by atoms with E-state index in [4.69, 9.17) is 0 Å². The van der Waals surface area contributed by atoms with Gasteiger partial charge in [0.2, 0.25) is 21.1 Å². The number of benzene rings is 1. The predicted octanol–water partition coefficient (Wildman–Crippen LogP) is 2.42.